The molecule has 1 nitrogen and oxygen atoms in total. The fraction of sp³-hybridized carbons (Fsp3) is 0. The zero-order valence-corrected chi connectivity index (χ0v) is 6.35. The van der Waals surface area contributed by atoms with E-state index in [1.165, 1.54) is 0 Å². The Hall–Kier alpha value is -1.50. The minimum absolute atomic E-state index is 0.990. The van der Waals surface area contributed by atoms with Gasteiger partial charge in [0.2, 0.25) is 0 Å². The lowest BCUT2D eigenvalue weighted by atomic mass is 10.4. The fourth-order valence-electron chi connectivity index (χ4n) is 0.449. The van der Waals surface area contributed by atoms with Crippen molar-refractivity contribution in [2.24, 2.45) is 0 Å². The van der Waals surface area contributed by atoms with Crippen LogP contribution in [0.25, 0.3) is 0 Å². The van der Waals surface area contributed by atoms with Crippen molar-refractivity contribution in [1.82, 2.24) is 0 Å². The van der Waals surface area contributed by atoms with Crippen LogP contribution >= 0.6 is 0 Å². The lowest BCUT2D eigenvalue weighted by Crippen LogP contribution is -1.51. The predicted molar refractivity (Wildman–Crippen MR) is 49.4 cm³/mol. The second-order valence-electron chi connectivity index (χ2n) is 1.73. The summed E-state index contributed by atoms with van der Waals surface area (Å²) in [5.41, 5.74) is 0. The first-order valence-corrected chi connectivity index (χ1v) is 3.33. The lowest BCUT2D eigenvalue weighted by Gasteiger charge is -1.71. The maximum Gasteiger partial charge on any atom is 0.0791 e. The van der Waals surface area contributed by atoms with Crippen LogP contribution in [0.4, 0.5) is 0 Å². The molecule has 0 aromatic carbocycles. The van der Waals surface area contributed by atoms with Gasteiger partial charge in [-0.1, -0.05) is 49.1 Å². The molecule has 11 heavy (non-hydrogen) atoms. The number of aliphatic hydroxyl groups is 1. The fourth-order valence-corrected chi connectivity index (χ4v) is 0.449. The first-order valence-electron chi connectivity index (χ1n) is 3.33. The van der Waals surface area contributed by atoms with Crippen molar-refractivity contribution >= 4 is 0 Å². The summed E-state index contributed by atoms with van der Waals surface area (Å²) in [4.78, 5) is 0. The summed E-state index contributed by atoms with van der Waals surface area (Å²) < 4.78 is 0. The molecule has 0 aromatic rings. The van der Waals surface area contributed by atoms with Gasteiger partial charge in [-0.15, -0.1) is 0 Å². The largest absolute Gasteiger partial charge is 0.516 e. The van der Waals surface area contributed by atoms with Gasteiger partial charge >= 0.3 is 0 Å². The van der Waals surface area contributed by atoms with Crippen molar-refractivity contribution in [2.45, 2.75) is 0 Å². The van der Waals surface area contributed by atoms with Crippen LogP contribution in [0.15, 0.2) is 61.4 Å². The van der Waals surface area contributed by atoms with Gasteiger partial charge in [-0.25, -0.2) is 0 Å². The van der Waals surface area contributed by atoms with Gasteiger partial charge in [0.15, 0.2) is 0 Å². The van der Waals surface area contributed by atoms with Crippen LogP contribution in [0.5, 0.6) is 0 Å². The van der Waals surface area contributed by atoms with Crippen molar-refractivity contribution in [2.75, 3.05) is 0 Å². The van der Waals surface area contributed by atoms with Crippen molar-refractivity contribution in [1.29, 1.82) is 0 Å². The van der Waals surface area contributed by atoms with Gasteiger partial charge in [0.1, 0.15) is 0 Å². The lowest BCUT2D eigenvalue weighted by molar-refractivity contribution is 0.474. The highest BCUT2D eigenvalue weighted by molar-refractivity contribution is 5.16. The Morgan fingerprint density at radius 2 is 1.18 bits per heavy atom. The van der Waals surface area contributed by atoms with Crippen LogP contribution in [0.2, 0.25) is 0 Å². The topological polar surface area (TPSA) is 20.2 Å². The monoisotopic (exact) mass is 148 g/mol. The molecule has 0 fully saturated rings. The number of aliphatic hydroxyl groups excluding tert-OH is 1. The van der Waals surface area contributed by atoms with Crippen molar-refractivity contribution in [3.05, 3.63) is 61.4 Å². The Morgan fingerprint density at radius 1 is 0.727 bits per heavy atom. The molecule has 0 aliphatic carbocycles. The summed E-state index contributed by atoms with van der Waals surface area (Å²) in [6, 6.07) is 0. The van der Waals surface area contributed by atoms with Gasteiger partial charge in [0.25, 0.3) is 0 Å². The summed E-state index contributed by atoms with van der Waals surface area (Å²) in [7, 11) is 0. The van der Waals surface area contributed by atoms with Crippen molar-refractivity contribution in [3.8, 4) is 0 Å². The molecule has 0 rings (SSSR count). The van der Waals surface area contributed by atoms with E-state index in [4.69, 9.17) is 5.11 Å². The second kappa shape index (κ2) is 8.50. The third kappa shape index (κ3) is 8.50. The van der Waals surface area contributed by atoms with Gasteiger partial charge < -0.3 is 5.11 Å². The summed E-state index contributed by atoms with van der Waals surface area (Å²) in [6.45, 7) is 3.52. The van der Waals surface area contributed by atoms with E-state index in [0.717, 1.165) is 6.26 Å². The Bertz CT molecular complexity index is 195. The average Bonchev–Trinajstić information content (AvgIpc) is 2.03. The molecule has 0 unspecified atom stereocenters. The molecule has 0 heterocycles. The number of rotatable bonds is 4. The van der Waals surface area contributed by atoms with Crippen molar-refractivity contribution in [3.63, 3.8) is 0 Å². The van der Waals surface area contributed by atoms with Gasteiger partial charge in [-0.05, 0) is 6.08 Å². The molecule has 0 radical (unpaired) electrons. The summed E-state index contributed by atoms with van der Waals surface area (Å²) in [5, 5.41) is 8.22. The molecular weight excluding hydrogens is 136 g/mol. The van der Waals surface area contributed by atoms with Crippen LogP contribution in [0, 0.1) is 0 Å². The summed E-state index contributed by atoms with van der Waals surface area (Å²) >= 11 is 0. The smallest absolute Gasteiger partial charge is 0.0791 e. The highest BCUT2D eigenvalue weighted by Crippen LogP contribution is 1.81. The number of allylic oxidation sites excluding steroid dienone is 8. The van der Waals surface area contributed by atoms with E-state index in [-0.39, 0.29) is 0 Å². The Kier molecular flexibility index (Phi) is 7.34. The standard InChI is InChI=1S/C10H12O/c1-2-3-4-5-6-7-8-9-10-11/h2-11H,1H2/b4-3+,6-5+,8-7+,10-9+. The van der Waals surface area contributed by atoms with E-state index in [0.29, 0.717) is 0 Å². The first-order chi connectivity index (χ1) is 5.41. The van der Waals surface area contributed by atoms with Crippen molar-refractivity contribution < 1.29 is 5.11 Å². The molecule has 1 heteroatoms. The Balaban J connectivity index is 3.59. The minimum atomic E-state index is 0.990. The third-order valence-electron chi connectivity index (χ3n) is 0.889. The van der Waals surface area contributed by atoms with E-state index in [1.54, 1.807) is 18.2 Å². The first kappa shape index (κ1) is 9.50. The van der Waals surface area contributed by atoms with Crippen LogP contribution < -0.4 is 0 Å². The molecule has 0 atom stereocenters. The van der Waals surface area contributed by atoms with E-state index in [2.05, 4.69) is 6.58 Å². The van der Waals surface area contributed by atoms with Crippen LogP contribution in [0.1, 0.15) is 0 Å². The molecule has 1 N–H and O–H groups in total. The summed E-state index contributed by atoms with van der Waals surface area (Å²) in [6.07, 6.45) is 15.3. The van der Waals surface area contributed by atoms with E-state index in [9.17, 15) is 0 Å². The maximum absolute atomic E-state index is 8.22. The quantitative estimate of drug-likeness (QED) is 0.480. The van der Waals surface area contributed by atoms with E-state index >= 15 is 0 Å². The SMILES string of the molecule is C=C/C=C/C=C/C=C/C=C/O. The van der Waals surface area contributed by atoms with Gasteiger partial charge in [0.05, 0.1) is 6.26 Å². The molecule has 0 aromatic heterocycles. The van der Waals surface area contributed by atoms with Crippen LogP contribution in [-0.4, -0.2) is 5.11 Å². The van der Waals surface area contributed by atoms with Gasteiger partial charge in [-0.2, -0.15) is 0 Å². The molecule has 0 amide bonds. The molecule has 0 spiro atoms. The van der Waals surface area contributed by atoms with Crippen LogP contribution in [-0.2, 0) is 0 Å². The molecular formula is C10H12O. The highest BCUT2D eigenvalue weighted by Gasteiger charge is 1.60. The van der Waals surface area contributed by atoms with Gasteiger partial charge in [0, 0.05) is 0 Å². The number of hydrogen-bond donors (Lipinski definition) is 1. The normalized spacial score (nSPS) is 12.7. The molecule has 0 saturated carbocycles. The third-order valence-corrected chi connectivity index (χ3v) is 0.889. The predicted octanol–water partition coefficient (Wildman–Crippen LogP) is 2.91. The summed E-state index contributed by atoms with van der Waals surface area (Å²) in [5.74, 6) is 0. The molecule has 0 aliphatic rings. The maximum atomic E-state index is 8.22. The average molecular weight is 148 g/mol. The van der Waals surface area contributed by atoms with Gasteiger partial charge in [-0.3, -0.25) is 0 Å². The second-order valence-corrected chi connectivity index (χ2v) is 1.73. The molecule has 58 valence electrons. The van der Waals surface area contributed by atoms with E-state index in [1.807, 2.05) is 30.4 Å². The molecule has 0 aliphatic heterocycles. The molecule has 0 bridgehead atoms. The number of hydrogen-bond acceptors (Lipinski definition) is 1. The minimum Gasteiger partial charge on any atom is -0.516 e. The zero-order chi connectivity index (χ0) is 8.36. The molecule has 0 saturated heterocycles. The zero-order valence-electron chi connectivity index (χ0n) is 6.35. The van der Waals surface area contributed by atoms with Crippen LogP contribution in [0.3, 0.4) is 0 Å². The highest BCUT2D eigenvalue weighted by atomic mass is 16.2. The Morgan fingerprint density at radius 3 is 1.64 bits per heavy atom. The Labute approximate surface area is 67.4 Å². The van der Waals surface area contributed by atoms with E-state index < -0.39 is 0 Å².